The maximum atomic E-state index is 4.97. The van der Waals surface area contributed by atoms with Gasteiger partial charge < -0.3 is 9.80 Å². The Bertz CT molecular complexity index is 947. The molecule has 0 amide bonds. The third-order valence-electron chi connectivity index (χ3n) is 6.22. The van der Waals surface area contributed by atoms with Crippen LogP contribution >= 0.6 is 0 Å². The summed E-state index contributed by atoms with van der Waals surface area (Å²) in [5.41, 5.74) is 5.62. The van der Waals surface area contributed by atoms with E-state index in [4.69, 9.17) is 4.99 Å². The first kappa shape index (κ1) is 20.3. The Morgan fingerprint density at radius 1 is 1.17 bits per heavy atom. The Balaban J connectivity index is 1.47. The van der Waals surface area contributed by atoms with E-state index >= 15 is 0 Å². The molecule has 30 heavy (non-hydrogen) atoms. The van der Waals surface area contributed by atoms with Gasteiger partial charge in [0.15, 0.2) is 0 Å². The van der Waals surface area contributed by atoms with Gasteiger partial charge in [0.2, 0.25) is 5.96 Å². The SMILES string of the molecule is C=C1C=C(c2ccncn2)N=C(N2CCCC(CCc3ccccc3CC)C2)N1C. The van der Waals surface area contributed by atoms with Crippen LogP contribution in [-0.4, -0.2) is 45.9 Å². The molecule has 1 aromatic heterocycles. The predicted octanol–water partition coefficient (Wildman–Crippen LogP) is 4.54. The van der Waals surface area contributed by atoms with Crippen LogP contribution in [0.3, 0.4) is 0 Å². The van der Waals surface area contributed by atoms with Crippen LogP contribution in [0.1, 0.15) is 43.0 Å². The molecule has 0 spiro atoms. The van der Waals surface area contributed by atoms with Gasteiger partial charge in [0.1, 0.15) is 6.33 Å². The van der Waals surface area contributed by atoms with Gasteiger partial charge in [0.25, 0.3) is 0 Å². The molecule has 3 heterocycles. The molecule has 0 bridgehead atoms. The summed E-state index contributed by atoms with van der Waals surface area (Å²) in [6.45, 7) is 8.55. The molecule has 4 rings (SSSR count). The average molecular weight is 402 g/mol. The molecule has 1 saturated heterocycles. The van der Waals surface area contributed by atoms with Crippen molar-refractivity contribution in [3.05, 3.63) is 78.0 Å². The fourth-order valence-corrected chi connectivity index (χ4v) is 4.44. The Kier molecular flexibility index (Phi) is 6.26. The van der Waals surface area contributed by atoms with Crippen molar-refractivity contribution in [3.8, 4) is 0 Å². The molecule has 0 aliphatic carbocycles. The molecule has 1 aromatic carbocycles. The number of allylic oxidation sites excluding steroid dienone is 1. The van der Waals surface area contributed by atoms with E-state index < -0.39 is 0 Å². The van der Waals surface area contributed by atoms with Crippen LogP contribution in [0.5, 0.6) is 0 Å². The molecule has 0 radical (unpaired) electrons. The number of aryl methyl sites for hydroxylation is 2. The molecule has 1 fully saturated rings. The van der Waals surface area contributed by atoms with Crippen molar-refractivity contribution < 1.29 is 0 Å². The molecule has 2 aliphatic rings. The smallest absolute Gasteiger partial charge is 0.206 e. The van der Waals surface area contributed by atoms with Gasteiger partial charge >= 0.3 is 0 Å². The van der Waals surface area contributed by atoms with Crippen LogP contribution in [0, 0.1) is 5.92 Å². The lowest BCUT2D eigenvalue weighted by Gasteiger charge is -2.39. The van der Waals surface area contributed by atoms with E-state index in [-0.39, 0.29) is 0 Å². The highest BCUT2D eigenvalue weighted by Crippen LogP contribution is 2.28. The van der Waals surface area contributed by atoms with Crippen molar-refractivity contribution in [3.63, 3.8) is 0 Å². The fraction of sp³-hybridized carbons (Fsp3) is 0.400. The number of rotatable bonds is 5. The maximum Gasteiger partial charge on any atom is 0.206 e. The van der Waals surface area contributed by atoms with Crippen LogP contribution < -0.4 is 0 Å². The van der Waals surface area contributed by atoms with Crippen molar-refractivity contribution in [1.82, 2.24) is 19.8 Å². The normalized spacial score (nSPS) is 19.5. The van der Waals surface area contributed by atoms with Crippen molar-refractivity contribution in [2.45, 2.75) is 39.0 Å². The highest BCUT2D eigenvalue weighted by Gasteiger charge is 2.27. The molecule has 5 heteroatoms. The summed E-state index contributed by atoms with van der Waals surface area (Å²) in [4.78, 5) is 17.9. The molecule has 2 aliphatic heterocycles. The van der Waals surface area contributed by atoms with E-state index in [0.717, 1.165) is 49.0 Å². The van der Waals surface area contributed by atoms with Crippen LogP contribution in [0.15, 0.2) is 66.2 Å². The zero-order valence-corrected chi connectivity index (χ0v) is 18.1. The molecule has 1 unspecified atom stereocenters. The average Bonchev–Trinajstić information content (AvgIpc) is 2.80. The highest BCUT2D eigenvalue weighted by molar-refractivity contribution is 5.90. The van der Waals surface area contributed by atoms with Crippen LogP contribution in [0.2, 0.25) is 0 Å². The van der Waals surface area contributed by atoms with E-state index in [2.05, 4.69) is 64.6 Å². The lowest BCUT2D eigenvalue weighted by molar-refractivity contribution is 0.231. The second-order valence-electron chi connectivity index (χ2n) is 8.20. The number of nitrogens with zero attached hydrogens (tertiary/aromatic N) is 5. The number of piperidine rings is 1. The van der Waals surface area contributed by atoms with Gasteiger partial charge in [-0.1, -0.05) is 37.8 Å². The van der Waals surface area contributed by atoms with Gasteiger partial charge in [-0.05, 0) is 61.3 Å². The molecular weight excluding hydrogens is 370 g/mol. The lowest BCUT2D eigenvalue weighted by Crippen LogP contribution is -2.47. The zero-order chi connectivity index (χ0) is 20.9. The monoisotopic (exact) mass is 401 g/mol. The number of benzene rings is 1. The summed E-state index contributed by atoms with van der Waals surface area (Å²) < 4.78 is 0. The minimum Gasteiger partial charge on any atom is -0.342 e. The number of aromatic nitrogens is 2. The van der Waals surface area contributed by atoms with Gasteiger partial charge in [-0.25, -0.2) is 15.0 Å². The topological polar surface area (TPSA) is 44.6 Å². The third-order valence-corrected chi connectivity index (χ3v) is 6.22. The number of hydrogen-bond acceptors (Lipinski definition) is 5. The standard InChI is InChI=1S/C25H31N5/c1-4-21-9-5-6-10-22(21)12-11-20-8-7-15-30(17-20)25-28-24(16-19(2)29(25)3)23-13-14-26-18-27-23/h5-6,9-10,13-14,16,18,20H,2,4,7-8,11-12,15,17H2,1,3H3. The third kappa shape index (κ3) is 4.45. The Morgan fingerprint density at radius 3 is 2.77 bits per heavy atom. The molecule has 0 N–H and O–H groups in total. The minimum atomic E-state index is 0.682. The van der Waals surface area contributed by atoms with E-state index in [1.807, 2.05) is 12.1 Å². The van der Waals surface area contributed by atoms with E-state index in [0.29, 0.717) is 5.92 Å². The molecule has 0 saturated carbocycles. The van der Waals surface area contributed by atoms with Crippen molar-refractivity contribution in [2.24, 2.45) is 10.9 Å². The number of aliphatic imine (C=N–C) groups is 1. The first-order valence-electron chi connectivity index (χ1n) is 11.0. The fourth-order valence-electron chi connectivity index (χ4n) is 4.44. The maximum absolute atomic E-state index is 4.97. The van der Waals surface area contributed by atoms with Crippen LogP contribution in [-0.2, 0) is 12.8 Å². The second-order valence-corrected chi connectivity index (χ2v) is 8.20. The molecule has 156 valence electrons. The van der Waals surface area contributed by atoms with E-state index in [1.54, 1.807) is 12.5 Å². The Hall–Kier alpha value is -2.95. The summed E-state index contributed by atoms with van der Waals surface area (Å²) in [6, 6.07) is 10.8. The van der Waals surface area contributed by atoms with Gasteiger partial charge in [-0.15, -0.1) is 0 Å². The Morgan fingerprint density at radius 2 is 2.00 bits per heavy atom. The second kappa shape index (κ2) is 9.24. The summed E-state index contributed by atoms with van der Waals surface area (Å²) >= 11 is 0. The van der Waals surface area contributed by atoms with Gasteiger partial charge in [0.05, 0.1) is 11.4 Å². The van der Waals surface area contributed by atoms with E-state index in [9.17, 15) is 0 Å². The predicted molar refractivity (Wildman–Crippen MR) is 123 cm³/mol. The molecule has 2 aromatic rings. The number of likely N-dealkylation sites (N-methyl/N-ethyl adjacent to an activating group) is 1. The highest BCUT2D eigenvalue weighted by atomic mass is 15.4. The molecule has 1 atom stereocenters. The minimum absolute atomic E-state index is 0.682. The lowest BCUT2D eigenvalue weighted by atomic mass is 9.90. The van der Waals surface area contributed by atoms with Crippen LogP contribution in [0.25, 0.3) is 5.70 Å². The van der Waals surface area contributed by atoms with Crippen molar-refractivity contribution in [1.29, 1.82) is 0 Å². The summed E-state index contributed by atoms with van der Waals surface area (Å²) in [7, 11) is 2.05. The number of guanidine groups is 1. The first-order chi connectivity index (χ1) is 14.7. The largest absolute Gasteiger partial charge is 0.342 e. The van der Waals surface area contributed by atoms with E-state index in [1.165, 1.54) is 30.4 Å². The number of likely N-dealkylation sites (tertiary alicyclic amines) is 1. The van der Waals surface area contributed by atoms with Gasteiger partial charge in [0, 0.05) is 32.0 Å². The van der Waals surface area contributed by atoms with Gasteiger partial charge in [-0.2, -0.15) is 0 Å². The molecule has 5 nitrogen and oxygen atoms in total. The van der Waals surface area contributed by atoms with Crippen LogP contribution in [0.4, 0.5) is 0 Å². The zero-order valence-electron chi connectivity index (χ0n) is 18.1. The summed E-state index contributed by atoms with van der Waals surface area (Å²) in [5.74, 6) is 1.66. The van der Waals surface area contributed by atoms with Crippen molar-refractivity contribution >= 4 is 11.7 Å². The number of hydrogen-bond donors (Lipinski definition) is 0. The summed E-state index contributed by atoms with van der Waals surface area (Å²) in [5, 5.41) is 0. The van der Waals surface area contributed by atoms with Gasteiger partial charge in [-0.3, -0.25) is 0 Å². The van der Waals surface area contributed by atoms with Crippen molar-refractivity contribution in [2.75, 3.05) is 20.1 Å². The quantitative estimate of drug-likeness (QED) is 0.738. The molecular formula is C25H31N5. The Labute approximate surface area is 179 Å². The summed E-state index contributed by atoms with van der Waals surface area (Å²) in [6.07, 6.45) is 11.3. The first-order valence-corrected chi connectivity index (χ1v) is 11.0.